The predicted molar refractivity (Wildman–Crippen MR) is 107 cm³/mol. The summed E-state index contributed by atoms with van der Waals surface area (Å²) in [6.07, 6.45) is 0. The number of hydrogen-bond acceptors (Lipinski definition) is 5. The molecule has 1 aromatic rings. The quantitative estimate of drug-likeness (QED) is 0.737. The molecule has 3 rings (SSSR count). The summed E-state index contributed by atoms with van der Waals surface area (Å²) in [7, 11) is 0. The maximum Gasteiger partial charge on any atom is 0.266 e. The number of morpholine rings is 1. The molecule has 0 atom stereocenters. The normalized spacial score (nSPS) is 18.8. The standard InChI is InChI=1S/C20H28ClN3O4/c1-20(2,28-17-5-3-16(21)4-6-17)19(26)24-9-7-23(8-10-24)18(25)15-22-11-13-27-14-12-22/h3-6H,7-15H2,1-2H3. The highest BCUT2D eigenvalue weighted by molar-refractivity contribution is 6.30. The van der Waals surface area contributed by atoms with Gasteiger partial charge in [-0.05, 0) is 38.1 Å². The van der Waals surface area contributed by atoms with Crippen LogP contribution < -0.4 is 4.74 Å². The molecule has 2 aliphatic heterocycles. The van der Waals surface area contributed by atoms with Crippen LogP contribution in [0.4, 0.5) is 0 Å². The molecule has 8 heteroatoms. The SMILES string of the molecule is CC(C)(Oc1ccc(Cl)cc1)C(=O)N1CCN(C(=O)CN2CCOCC2)CC1. The minimum atomic E-state index is -0.992. The van der Waals surface area contributed by atoms with Crippen molar-refractivity contribution >= 4 is 23.4 Å². The third-order valence-electron chi connectivity index (χ3n) is 5.08. The van der Waals surface area contributed by atoms with Crippen molar-refractivity contribution in [1.29, 1.82) is 0 Å². The molecule has 2 fully saturated rings. The van der Waals surface area contributed by atoms with Crippen LogP contribution in [0.15, 0.2) is 24.3 Å². The number of amides is 2. The number of piperazine rings is 1. The average Bonchev–Trinajstić information content (AvgIpc) is 2.70. The van der Waals surface area contributed by atoms with E-state index < -0.39 is 5.60 Å². The highest BCUT2D eigenvalue weighted by Crippen LogP contribution is 2.23. The maximum absolute atomic E-state index is 12.9. The van der Waals surface area contributed by atoms with Crippen molar-refractivity contribution in [2.75, 3.05) is 59.0 Å². The number of carbonyl (C=O) groups is 2. The number of carbonyl (C=O) groups excluding carboxylic acids is 2. The molecule has 2 amide bonds. The van der Waals surface area contributed by atoms with Gasteiger partial charge in [0.1, 0.15) is 5.75 Å². The molecule has 0 bridgehead atoms. The molecule has 0 saturated carbocycles. The fourth-order valence-corrected chi connectivity index (χ4v) is 3.56. The summed E-state index contributed by atoms with van der Waals surface area (Å²) in [6, 6.07) is 6.96. The number of hydrogen-bond donors (Lipinski definition) is 0. The Labute approximate surface area is 171 Å². The second-order valence-corrected chi connectivity index (χ2v) is 8.06. The zero-order valence-electron chi connectivity index (χ0n) is 16.5. The molecular formula is C20H28ClN3O4. The van der Waals surface area contributed by atoms with Gasteiger partial charge in [0, 0.05) is 44.3 Å². The topological polar surface area (TPSA) is 62.3 Å². The molecule has 0 spiro atoms. The molecule has 0 aliphatic carbocycles. The lowest BCUT2D eigenvalue weighted by Gasteiger charge is -2.39. The first kappa shape index (κ1) is 20.9. The van der Waals surface area contributed by atoms with Gasteiger partial charge in [0.2, 0.25) is 5.91 Å². The maximum atomic E-state index is 12.9. The Hall–Kier alpha value is -1.83. The van der Waals surface area contributed by atoms with E-state index in [1.165, 1.54) is 0 Å². The Morgan fingerprint density at radius 1 is 1.00 bits per heavy atom. The van der Waals surface area contributed by atoms with Gasteiger partial charge >= 0.3 is 0 Å². The number of benzene rings is 1. The third kappa shape index (κ3) is 5.37. The van der Waals surface area contributed by atoms with E-state index in [4.69, 9.17) is 21.1 Å². The van der Waals surface area contributed by atoms with E-state index in [2.05, 4.69) is 4.90 Å². The first-order valence-electron chi connectivity index (χ1n) is 9.67. The van der Waals surface area contributed by atoms with E-state index in [0.29, 0.717) is 56.7 Å². The summed E-state index contributed by atoms with van der Waals surface area (Å²) in [5, 5.41) is 0.620. The van der Waals surface area contributed by atoms with Crippen LogP contribution >= 0.6 is 11.6 Å². The predicted octanol–water partition coefficient (Wildman–Crippen LogP) is 1.50. The average molecular weight is 410 g/mol. The zero-order valence-corrected chi connectivity index (χ0v) is 17.3. The second-order valence-electron chi connectivity index (χ2n) is 7.63. The summed E-state index contributed by atoms with van der Waals surface area (Å²) in [6.45, 7) is 9.01. The van der Waals surface area contributed by atoms with Crippen molar-refractivity contribution in [1.82, 2.24) is 14.7 Å². The Balaban J connectivity index is 1.49. The van der Waals surface area contributed by atoms with E-state index in [0.717, 1.165) is 13.1 Å². The molecule has 2 saturated heterocycles. The van der Waals surface area contributed by atoms with Crippen LogP contribution in [0, 0.1) is 0 Å². The van der Waals surface area contributed by atoms with Crippen molar-refractivity contribution in [2.45, 2.75) is 19.4 Å². The second kappa shape index (κ2) is 9.11. The van der Waals surface area contributed by atoms with Gasteiger partial charge in [-0.15, -0.1) is 0 Å². The Bertz CT molecular complexity index is 681. The van der Waals surface area contributed by atoms with E-state index in [1.807, 2.05) is 4.90 Å². The summed E-state index contributed by atoms with van der Waals surface area (Å²) < 4.78 is 11.2. The largest absolute Gasteiger partial charge is 0.478 e. The van der Waals surface area contributed by atoms with Gasteiger partial charge in [-0.1, -0.05) is 11.6 Å². The molecule has 28 heavy (non-hydrogen) atoms. The van der Waals surface area contributed by atoms with Crippen molar-refractivity contribution in [2.24, 2.45) is 0 Å². The van der Waals surface area contributed by atoms with E-state index >= 15 is 0 Å². The first-order chi connectivity index (χ1) is 13.3. The fourth-order valence-electron chi connectivity index (χ4n) is 3.43. The minimum absolute atomic E-state index is 0.0808. The summed E-state index contributed by atoms with van der Waals surface area (Å²) in [5.74, 6) is 0.635. The Morgan fingerprint density at radius 2 is 1.57 bits per heavy atom. The van der Waals surface area contributed by atoms with Crippen LogP contribution in [0.1, 0.15) is 13.8 Å². The molecule has 2 heterocycles. The highest BCUT2D eigenvalue weighted by Gasteiger charge is 2.36. The first-order valence-corrected chi connectivity index (χ1v) is 10.0. The van der Waals surface area contributed by atoms with Crippen LogP contribution in [-0.2, 0) is 14.3 Å². The van der Waals surface area contributed by atoms with Crippen LogP contribution in [0.3, 0.4) is 0 Å². The lowest BCUT2D eigenvalue weighted by Crippen LogP contribution is -2.57. The van der Waals surface area contributed by atoms with Gasteiger partial charge in [-0.2, -0.15) is 0 Å². The van der Waals surface area contributed by atoms with Gasteiger partial charge < -0.3 is 19.3 Å². The fraction of sp³-hybridized carbons (Fsp3) is 0.600. The molecule has 7 nitrogen and oxygen atoms in total. The van der Waals surface area contributed by atoms with E-state index in [-0.39, 0.29) is 11.8 Å². The number of ether oxygens (including phenoxy) is 2. The Morgan fingerprint density at radius 3 is 2.18 bits per heavy atom. The number of nitrogens with zero attached hydrogens (tertiary/aromatic N) is 3. The van der Waals surface area contributed by atoms with Crippen molar-refractivity contribution in [3.8, 4) is 5.75 Å². The molecule has 0 radical (unpaired) electrons. The third-order valence-corrected chi connectivity index (χ3v) is 5.34. The van der Waals surface area contributed by atoms with Gasteiger partial charge in [0.15, 0.2) is 5.60 Å². The van der Waals surface area contributed by atoms with Crippen LogP contribution in [0.2, 0.25) is 5.02 Å². The molecule has 1 aromatic carbocycles. The molecule has 0 unspecified atom stereocenters. The number of rotatable bonds is 5. The summed E-state index contributed by atoms with van der Waals surface area (Å²) in [4.78, 5) is 31.2. The number of halogens is 1. The monoisotopic (exact) mass is 409 g/mol. The van der Waals surface area contributed by atoms with Crippen LogP contribution in [0.5, 0.6) is 5.75 Å². The zero-order chi connectivity index (χ0) is 20.1. The lowest BCUT2D eigenvalue weighted by molar-refractivity contribution is -0.150. The molecular weight excluding hydrogens is 382 g/mol. The summed E-state index contributed by atoms with van der Waals surface area (Å²) >= 11 is 5.90. The molecule has 2 aliphatic rings. The van der Waals surface area contributed by atoms with Crippen molar-refractivity contribution in [3.63, 3.8) is 0 Å². The molecule has 154 valence electrons. The van der Waals surface area contributed by atoms with Gasteiger partial charge in [-0.3, -0.25) is 14.5 Å². The smallest absolute Gasteiger partial charge is 0.266 e. The van der Waals surface area contributed by atoms with Gasteiger partial charge in [0.05, 0.1) is 19.8 Å². The highest BCUT2D eigenvalue weighted by atomic mass is 35.5. The molecule has 0 aromatic heterocycles. The minimum Gasteiger partial charge on any atom is -0.478 e. The molecule has 0 N–H and O–H groups in total. The Kier molecular flexibility index (Phi) is 6.80. The van der Waals surface area contributed by atoms with Gasteiger partial charge in [0.25, 0.3) is 5.91 Å². The van der Waals surface area contributed by atoms with Crippen molar-refractivity contribution < 1.29 is 19.1 Å². The van der Waals surface area contributed by atoms with Crippen LogP contribution in [0.25, 0.3) is 0 Å². The van der Waals surface area contributed by atoms with E-state index in [1.54, 1.807) is 43.0 Å². The van der Waals surface area contributed by atoms with Crippen LogP contribution in [-0.4, -0.2) is 91.1 Å². The van der Waals surface area contributed by atoms with Gasteiger partial charge in [-0.25, -0.2) is 0 Å². The van der Waals surface area contributed by atoms with Crippen molar-refractivity contribution in [3.05, 3.63) is 29.3 Å². The summed E-state index contributed by atoms with van der Waals surface area (Å²) in [5.41, 5.74) is -0.992. The lowest BCUT2D eigenvalue weighted by atomic mass is 10.1. The van der Waals surface area contributed by atoms with E-state index in [9.17, 15) is 9.59 Å².